The highest BCUT2D eigenvalue weighted by molar-refractivity contribution is 5.89. The lowest BCUT2D eigenvalue weighted by Gasteiger charge is -2.31. The predicted octanol–water partition coefficient (Wildman–Crippen LogP) is 0.801. The normalized spacial score (nSPS) is 17.9. The molecule has 2 aromatic rings. The van der Waals surface area contributed by atoms with Crippen LogP contribution >= 0.6 is 0 Å². The predicted molar refractivity (Wildman–Crippen MR) is 87.2 cm³/mol. The first kappa shape index (κ1) is 18.2. The first-order chi connectivity index (χ1) is 12.7. The minimum absolute atomic E-state index is 0.00896. The van der Waals surface area contributed by atoms with Crippen molar-refractivity contribution in [2.24, 2.45) is 0 Å². The summed E-state index contributed by atoms with van der Waals surface area (Å²) in [5.41, 5.74) is 0. The minimum Gasteiger partial charge on any atom is -0.417 e. The van der Waals surface area contributed by atoms with Gasteiger partial charge in [0, 0.05) is 26.6 Å². The molecule has 2 aromatic heterocycles. The summed E-state index contributed by atoms with van der Waals surface area (Å²) in [7, 11) is 1.56. The lowest BCUT2D eigenvalue weighted by Crippen LogP contribution is -2.46. The van der Waals surface area contributed by atoms with Crippen molar-refractivity contribution in [3.05, 3.63) is 35.6 Å². The molecule has 0 aliphatic carbocycles. The number of amides is 1. The Hall–Kier alpha value is -2.59. The summed E-state index contributed by atoms with van der Waals surface area (Å²) >= 11 is 0. The third-order valence-electron chi connectivity index (χ3n) is 3.79. The van der Waals surface area contributed by atoms with Gasteiger partial charge < -0.3 is 23.3 Å². The molecular formula is C16H21N5O5. The van der Waals surface area contributed by atoms with Crippen molar-refractivity contribution in [1.29, 1.82) is 0 Å². The Morgan fingerprint density at radius 3 is 3.08 bits per heavy atom. The van der Waals surface area contributed by atoms with Crippen LogP contribution in [0.3, 0.4) is 0 Å². The zero-order chi connectivity index (χ0) is 18.4. The summed E-state index contributed by atoms with van der Waals surface area (Å²) in [6.45, 7) is 3.44. The van der Waals surface area contributed by atoms with Crippen LogP contribution in [0.15, 0.2) is 21.1 Å². The Bertz CT molecular complexity index is 756. The fourth-order valence-electron chi connectivity index (χ4n) is 2.56. The monoisotopic (exact) mass is 363 g/mol. The summed E-state index contributed by atoms with van der Waals surface area (Å²) < 4.78 is 21.2. The van der Waals surface area contributed by atoms with Gasteiger partial charge in [0.05, 0.1) is 19.1 Å². The molecule has 3 rings (SSSR count). The van der Waals surface area contributed by atoms with E-state index in [1.807, 2.05) is 19.1 Å². The van der Waals surface area contributed by atoms with Gasteiger partial charge in [-0.1, -0.05) is 17.3 Å². The fraction of sp³-hybridized carbons (Fsp3) is 0.562. The van der Waals surface area contributed by atoms with Gasteiger partial charge in [0.25, 0.3) is 0 Å². The molecule has 1 saturated heterocycles. The molecule has 1 aliphatic heterocycles. The highest BCUT2D eigenvalue weighted by atomic mass is 16.5. The number of methoxy groups -OCH3 is 1. The first-order valence-corrected chi connectivity index (χ1v) is 8.34. The van der Waals surface area contributed by atoms with Crippen LogP contribution in [0.5, 0.6) is 0 Å². The van der Waals surface area contributed by atoms with Crippen LogP contribution in [-0.2, 0) is 28.9 Å². The standard InChI is InChI=1S/C16H21N5O5/c1-3-4-5-13-18-19-15(25-13)16(22)21-6-7-24-11(9-21)8-14-17-12(10-23-2)20-26-14/h3-4,11H,5-10H2,1-2H3/b4-3+/t11-/m1/s1. The summed E-state index contributed by atoms with van der Waals surface area (Å²) in [6.07, 6.45) is 4.44. The second-order valence-electron chi connectivity index (χ2n) is 5.76. The molecule has 1 fully saturated rings. The summed E-state index contributed by atoms with van der Waals surface area (Å²) in [6, 6.07) is 0. The van der Waals surface area contributed by atoms with Crippen molar-refractivity contribution in [2.75, 3.05) is 26.8 Å². The van der Waals surface area contributed by atoms with E-state index in [2.05, 4.69) is 20.3 Å². The van der Waals surface area contributed by atoms with Gasteiger partial charge in [-0.15, -0.1) is 10.2 Å². The molecule has 140 valence electrons. The Morgan fingerprint density at radius 1 is 1.38 bits per heavy atom. The molecular weight excluding hydrogens is 342 g/mol. The molecule has 3 heterocycles. The number of morpholine rings is 1. The average molecular weight is 363 g/mol. The number of hydrogen-bond acceptors (Lipinski definition) is 9. The molecule has 26 heavy (non-hydrogen) atoms. The van der Waals surface area contributed by atoms with Crippen molar-refractivity contribution >= 4 is 5.91 Å². The molecule has 0 aromatic carbocycles. The second-order valence-corrected chi connectivity index (χ2v) is 5.76. The van der Waals surface area contributed by atoms with Gasteiger partial charge in [0.2, 0.25) is 11.8 Å². The van der Waals surface area contributed by atoms with Crippen molar-refractivity contribution in [3.8, 4) is 0 Å². The van der Waals surface area contributed by atoms with E-state index in [-0.39, 0.29) is 24.5 Å². The average Bonchev–Trinajstić information content (AvgIpc) is 3.29. The largest absolute Gasteiger partial charge is 0.417 e. The third kappa shape index (κ3) is 4.52. The van der Waals surface area contributed by atoms with Gasteiger partial charge in [-0.2, -0.15) is 4.98 Å². The molecule has 1 atom stereocenters. The number of allylic oxidation sites excluding steroid dienone is 2. The number of carbonyl (C=O) groups excluding carboxylic acids is 1. The number of carbonyl (C=O) groups is 1. The maximum atomic E-state index is 12.6. The summed E-state index contributed by atoms with van der Waals surface area (Å²) in [4.78, 5) is 18.4. The number of nitrogens with zero attached hydrogens (tertiary/aromatic N) is 5. The zero-order valence-electron chi connectivity index (χ0n) is 14.8. The van der Waals surface area contributed by atoms with Crippen LogP contribution in [0.1, 0.15) is 35.2 Å². The quantitative estimate of drug-likeness (QED) is 0.658. The molecule has 1 aliphatic rings. The second kappa shape index (κ2) is 8.68. The molecule has 0 saturated carbocycles. The van der Waals surface area contributed by atoms with E-state index >= 15 is 0 Å². The van der Waals surface area contributed by atoms with Gasteiger partial charge in [-0.3, -0.25) is 4.79 Å². The number of hydrogen-bond donors (Lipinski definition) is 0. The van der Waals surface area contributed by atoms with Crippen LogP contribution in [0.4, 0.5) is 0 Å². The molecule has 0 bridgehead atoms. The SMILES string of the molecule is C/C=C/Cc1nnc(C(=O)N2CCO[C@H](Cc3nc(COC)no3)C2)o1. The molecule has 10 heteroatoms. The highest BCUT2D eigenvalue weighted by Crippen LogP contribution is 2.14. The lowest BCUT2D eigenvalue weighted by atomic mass is 10.2. The van der Waals surface area contributed by atoms with Gasteiger partial charge in [0.15, 0.2) is 5.82 Å². The fourth-order valence-corrected chi connectivity index (χ4v) is 2.56. The van der Waals surface area contributed by atoms with Crippen LogP contribution in [-0.4, -0.2) is 64.1 Å². The molecule has 0 radical (unpaired) electrons. The maximum Gasteiger partial charge on any atom is 0.311 e. The third-order valence-corrected chi connectivity index (χ3v) is 3.79. The minimum atomic E-state index is -0.303. The van der Waals surface area contributed by atoms with E-state index in [1.54, 1.807) is 12.0 Å². The van der Waals surface area contributed by atoms with Crippen molar-refractivity contribution < 1.29 is 23.2 Å². The van der Waals surface area contributed by atoms with E-state index in [0.717, 1.165) is 0 Å². The van der Waals surface area contributed by atoms with Gasteiger partial charge in [-0.25, -0.2) is 0 Å². The van der Waals surface area contributed by atoms with Gasteiger partial charge in [0.1, 0.15) is 6.61 Å². The molecule has 0 unspecified atom stereocenters. The maximum absolute atomic E-state index is 12.6. The van der Waals surface area contributed by atoms with Gasteiger partial charge >= 0.3 is 11.8 Å². The molecule has 10 nitrogen and oxygen atoms in total. The summed E-state index contributed by atoms with van der Waals surface area (Å²) in [5.74, 6) is 1.02. The van der Waals surface area contributed by atoms with E-state index in [0.29, 0.717) is 50.1 Å². The van der Waals surface area contributed by atoms with Crippen molar-refractivity contribution in [3.63, 3.8) is 0 Å². The van der Waals surface area contributed by atoms with Crippen molar-refractivity contribution in [2.45, 2.75) is 32.5 Å². The lowest BCUT2D eigenvalue weighted by molar-refractivity contribution is -0.0249. The number of ether oxygens (including phenoxy) is 2. The van der Waals surface area contributed by atoms with E-state index in [4.69, 9.17) is 18.4 Å². The van der Waals surface area contributed by atoms with Crippen molar-refractivity contribution in [1.82, 2.24) is 25.2 Å². The van der Waals surface area contributed by atoms with E-state index < -0.39 is 0 Å². The van der Waals surface area contributed by atoms with Gasteiger partial charge in [-0.05, 0) is 6.92 Å². The molecule has 0 spiro atoms. The van der Waals surface area contributed by atoms with E-state index in [1.165, 1.54) is 0 Å². The smallest absolute Gasteiger partial charge is 0.311 e. The number of rotatable bonds is 7. The van der Waals surface area contributed by atoms with Crippen LogP contribution in [0.2, 0.25) is 0 Å². The number of aromatic nitrogens is 4. The molecule has 1 amide bonds. The Balaban J connectivity index is 1.58. The van der Waals surface area contributed by atoms with Crippen LogP contribution in [0, 0.1) is 0 Å². The summed E-state index contributed by atoms with van der Waals surface area (Å²) in [5, 5.41) is 11.5. The highest BCUT2D eigenvalue weighted by Gasteiger charge is 2.29. The zero-order valence-corrected chi connectivity index (χ0v) is 14.8. The Morgan fingerprint density at radius 2 is 2.27 bits per heavy atom. The van der Waals surface area contributed by atoms with Crippen LogP contribution < -0.4 is 0 Å². The van der Waals surface area contributed by atoms with E-state index in [9.17, 15) is 4.79 Å². The Labute approximate surface area is 150 Å². The first-order valence-electron chi connectivity index (χ1n) is 8.34. The Kier molecular flexibility index (Phi) is 6.08. The molecule has 0 N–H and O–H groups in total. The topological polar surface area (TPSA) is 117 Å². The van der Waals surface area contributed by atoms with Crippen LogP contribution in [0.25, 0.3) is 0 Å².